The molecular weight excluding hydrogens is 405 g/mol. The van der Waals surface area contributed by atoms with Gasteiger partial charge in [0.15, 0.2) is 0 Å². The molecule has 1 heterocycles. The summed E-state index contributed by atoms with van der Waals surface area (Å²) in [4.78, 5) is 39.2. The summed E-state index contributed by atoms with van der Waals surface area (Å²) in [5.74, 6) is -2.12. The van der Waals surface area contributed by atoms with Crippen LogP contribution in [0.1, 0.15) is 11.6 Å². The predicted octanol–water partition coefficient (Wildman–Crippen LogP) is 1.78. The van der Waals surface area contributed by atoms with Crippen molar-refractivity contribution in [2.75, 3.05) is 45.1 Å². The summed E-state index contributed by atoms with van der Waals surface area (Å²) in [6.07, 6.45) is 0. The Morgan fingerprint density at radius 1 is 1.10 bits per heavy atom. The second-order valence-electron chi connectivity index (χ2n) is 7.38. The number of carbonyl (C=O) groups is 2. The van der Waals surface area contributed by atoms with Crippen LogP contribution in [0.4, 0.5) is 15.8 Å². The molecule has 1 aliphatic heterocycles. The van der Waals surface area contributed by atoms with Crippen LogP contribution >= 0.6 is 0 Å². The van der Waals surface area contributed by atoms with Crippen LogP contribution in [0.2, 0.25) is 0 Å². The molecular formula is C21H24FN5O4. The van der Waals surface area contributed by atoms with Crippen LogP contribution < -0.4 is 10.6 Å². The predicted molar refractivity (Wildman–Crippen MR) is 113 cm³/mol. The lowest BCUT2D eigenvalue weighted by atomic mass is 10.0. The number of nitrogens with zero attached hydrogens (tertiary/aromatic N) is 3. The van der Waals surface area contributed by atoms with Crippen LogP contribution in [-0.4, -0.2) is 66.3 Å². The molecule has 2 aromatic carbocycles. The zero-order chi connectivity index (χ0) is 22.4. The van der Waals surface area contributed by atoms with Crippen LogP contribution in [0.5, 0.6) is 0 Å². The molecule has 0 aromatic heterocycles. The van der Waals surface area contributed by atoms with Gasteiger partial charge in [-0.15, -0.1) is 0 Å². The number of nitro benzene ring substituents is 1. The minimum absolute atomic E-state index is 0.156. The molecule has 10 heteroatoms. The molecule has 3 rings (SSSR count). The van der Waals surface area contributed by atoms with Gasteiger partial charge < -0.3 is 15.5 Å². The highest BCUT2D eigenvalue weighted by Crippen LogP contribution is 2.22. The molecule has 2 N–H and O–H groups in total. The fourth-order valence-corrected chi connectivity index (χ4v) is 3.43. The van der Waals surface area contributed by atoms with E-state index < -0.39 is 16.7 Å². The second kappa shape index (κ2) is 10.1. The number of nitro groups is 1. The van der Waals surface area contributed by atoms with Crippen molar-refractivity contribution in [3.05, 3.63) is 70.0 Å². The van der Waals surface area contributed by atoms with E-state index in [1.165, 1.54) is 36.4 Å². The number of amides is 2. The molecule has 0 saturated carbocycles. The molecule has 1 aliphatic rings. The van der Waals surface area contributed by atoms with Crippen molar-refractivity contribution in [3.63, 3.8) is 0 Å². The van der Waals surface area contributed by atoms with Gasteiger partial charge in [-0.05, 0) is 30.8 Å². The fourth-order valence-electron chi connectivity index (χ4n) is 3.43. The lowest BCUT2D eigenvalue weighted by molar-refractivity contribution is -0.384. The third-order valence-electron chi connectivity index (χ3n) is 5.21. The van der Waals surface area contributed by atoms with Crippen molar-refractivity contribution in [3.8, 4) is 0 Å². The van der Waals surface area contributed by atoms with E-state index in [2.05, 4.69) is 20.4 Å². The molecule has 1 unspecified atom stereocenters. The van der Waals surface area contributed by atoms with Gasteiger partial charge in [0.25, 0.3) is 5.69 Å². The van der Waals surface area contributed by atoms with Crippen molar-refractivity contribution in [1.29, 1.82) is 0 Å². The van der Waals surface area contributed by atoms with Crippen molar-refractivity contribution in [2.24, 2.45) is 0 Å². The van der Waals surface area contributed by atoms with Gasteiger partial charge in [-0.3, -0.25) is 24.6 Å². The maximum absolute atomic E-state index is 13.4. The van der Waals surface area contributed by atoms with Crippen molar-refractivity contribution >= 4 is 23.2 Å². The number of non-ortho nitro benzene ring substituents is 1. The molecule has 1 saturated heterocycles. The van der Waals surface area contributed by atoms with E-state index in [0.717, 1.165) is 31.7 Å². The van der Waals surface area contributed by atoms with Crippen LogP contribution in [0, 0.1) is 15.9 Å². The first-order valence-corrected chi connectivity index (χ1v) is 9.85. The van der Waals surface area contributed by atoms with Crippen molar-refractivity contribution < 1.29 is 18.9 Å². The summed E-state index contributed by atoms with van der Waals surface area (Å²) in [6.45, 7) is 3.43. The van der Waals surface area contributed by atoms with Gasteiger partial charge in [0.2, 0.25) is 0 Å². The van der Waals surface area contributed by atoms with E-state index in [1.54, 1.807) is 12.1 Å². The lowest BCUT2D eigenvalue weighted by Gasteiger charge is -2.38. The second-order valence-corrected chi connectivity index (χ2v) is 7.38. The third kappa shape index (κ3) is 6.06. The minimum Gasteiger partial charge on any atom is -0.346 e. The Morgan fingerprint density at radius 3 is 2.42 bits per heavy atom. The first-order chi connectivity index (χ1) is 14.8. The van der Waals surface area contributed by atoms with E-state index in [1.807, 2.05) is 7.05 Å². The number of benzene rings is 2. The number of rotatable bonds is 6. The average molecular weight is 429 g/mol. The lowest BCUT2D eigenvalue weighted by Crippen LogP contribution is -2.49. The number of nitrogens with one attached hydrogen (secondary N) is 2. The van der Waals surface area contributed by atoms with E-state index in [9.17, 15) is 24.1 Å². The van der Waals surface area contributed by atoms with Gasteiger partial charge in [-0.25, -0.2) is 4.39 Å². The van der Waals surface area contributed by atoms with Gasteiger partial charge in [-0.1, -0.05) is 18.2 Å². The number of anilines is 1. The summed E-state index contributed by atoms with van der Waals surface area (Å²) in [5, 5.41) is 15.9. The molecule has 0 bridgehead atoms. The highest BCUT2D eigenvalue weighted by Gasteiger charge is 2.25. The molecule has 164 valence electrons. The van der Waals surface area contributed by atoms with Gasteiger partial charge in [-0.2, -0.15) is 0 Å². The molecule has 0 spiro atoms. The number of hydrogen-bond acceptors (Lipinski definition) is 6. The first-order valence-electron chi connectivity index (χ1n) is 9.85. The maximum atomic E-state index is 13.4. The minimum atomic E-state index is -0.920. The summed E-state index contributed by atoms with van der Waals surface area (Å²) in [7, 11) is 2.03. The highest BCUT2D eigenvalue weighted by molar-refractivity contribution is 6.39. The van der Waals surface area contributed by atoms with Gasteiger partial charge in [0.1, 0.15) is 5.82 Å². The molecule has 0 aliphatic carbocycles. The Balaban J connectivity index is 1.65. The average Bonchev–Trinajstić information content (AvgIpc) is 2.76. The highest BCUT2D eigenvalue weighted by atomic mass is 19.1. The molecule has 2 amide bonds. The molecule has 9 nitrogen and oxygen atoms in total. The molecule has 31 heavy (non-hydrogen) atoms. The smallest absolute Gasteiger partial charge is 0.313 e. The van der Waals surface area contributed by atoms with E-state index in [0.29, 0.717) is 0 Å². The van der Waals surface area contributed by atoms with Crippen molar-refractivity contribution in [1.82, 2.24) is 15.1 Å². The SMILES string of the molecule is CN1CCN(C(CNC(=O)C(=O)Nc2cccc([N+](=O)[O-])c2)c2ccc(F)cc2)CC1. The largest absolute Gasteiger partial charge is 0.346 e. The van der Waals surface area contributed by atoms with E-state index in [-0.39, 0.29) is 29.8 Å². The molecule has 0 radical (unpaired) electrons. The normalized spacial score (nSPS) is 15.8. The van der Waals surface area contributed by atoms with E-state index in [4.69, 9.17) is 0 Å². The van der Waals surface area contributed by atoms with Crippen LogP contribution in [0.15, 0.2) is 48.5 Å². The summed E-state index contributed by atoms with van der Waals surface area (Å²) >= 11 is 0. The van der Waals surface area contributed by atoms with Gasteiger partial charge in [0.05, 0.1) is 11.0 Å². The third-order valence-corrected chi connectivity index (χ3v) is 5.21. The van der Waals surface area contributed by atoms with E-state index >= 15 is 0 Å². The van der Waals surface area contributed by atoms with Crippen LogP contribution in [-0.2, 0) is 9.59 Å². The topological polar surface area (TPSA) is 108 Å². The molecule has 1 fully saturated rings. The molecule has 1 atom stereocenters. The number of hydrogen-bond donors (Lipinski definition) is 2. The summed E-state index contributed by atoms with van der Waals surface area (Å²) in [6, 6.07) is 11.2. The number of halogens is 1. The number of likely N-dealkylation sites (N-methyl/N-ethyl adjacent to an activating group) is 1. The van der Waals surface area contributed by atoms with Gasteiger partial charge >= 0.3 is 11.8 Å². The Kier molecular flexibility index (Phi) is 7.27. The zero-order valence-corrected chi connectivity index (χ0v) is 17.1. The van der Waals surface area contributed by atoms with Crippen molar-refractivity contribution in [2.45, 2.75) is 6.04 Å². The summed E-state index contributed by atoms with van der Waals surface area (Å²) in [5.41, 5.74) is 0.804. The Labute approximate surface area is 179 Å². The standard InChI is InChI=1S/C21H24FN5O4/c1-25-9-11-26(12-10-25)19(15-5-7-16(22)8-6-15)14-23-20(28)21(29)24-17-3-2-4-18(13-17)27(30)31/h2-8,13,19H,9-12,14H2,1H3,(H,23,28)(H,24,29). The monoisotopic (exact) mass is 429 g/mol. The van der Waals surface area contributed by atoms with Gasteiger partial charge in [0, 0.05) is 50.5 Å². The fraction of sp³-hybridized carbons (Fsp3) is 0.333. The number of carbonyl (C=O) groups excluding carboxylic acids is 2. The van der Waals surface area contributed by atoms with Crippen LogP contribution in [0.3, 0.4) is 0 Å². The quantitative estimate of drug-likeness (QED) is 0.412. The molecule has 2 aromatic rings. The Morgan fingerprint density at radius 2 is 1.77 bits per heavy atom. The summed E-state index contributed by atoms with van der Waals surface area (Å²) < 4.78 is 13.4. The zero-order valence-electron chi connectivity index (χ0n) is 17.1. The Bertz CT molecular complexity index is 945. The maximum Gasteiger partial charge on any atom is 0.313 e. The number of piperazine rings is 1. The first kappa shape index (κ1) is 22.3. The Hall–Kier alpha value is -3.37. The van der Waals surface area contributed by atoms with Crippen LogP contribution in [0.25, 0.3) is 0 Å².